The summed E-state index contributed by atoms with van der Waals surface area (Å²) in [5.74, 6) is 0.829. The third-order valence-corrected chi connectivity index (χ3v) is 2.85. The predicted molar refractivity (Wildman–Crippen MR) is 75.1 cm³/mol. The van der Waals surface area contributed by atoms with Crippen molar-refractivity contribution >= 4 is 0 Å². The molecule has 1 unspecified atom stereocenters. The molecule has 1 aromatic rings. The van der Waals surface area contributed by atoms with E-state index in [4.69, 9.17) is 15.2 Å². The highest BCUT2D eigenvalue weighted by Gasteiger charge is 2.06. The maximum atomic E-state index is 5.96. The van der Waals surface area contributed by atoms with Crippen LogP contribution in [0.15, 0.2) is 6.07 Å². The van der Waals surface area contributed by atoms with E-state index < -0.39 is 0 Å². The predicted octanol–water partition coefficient (Wildman–Crippen LogP) is 1.27. The third-order valence-electron chi connectivity index (χ3n) is 2.85. The van der Waals surface area contributed by atoms with Crippen LogP contribution in [0, 0.1) is 6.92 Å². The van der Waals surface area contributed by atoms with Crippen LogP contribution in [0.25, 0.3) is 0 Å². The van der Waals surface area contributed by atoms with Crippen LogP contribution in [0.3, 0.4) is 0 Å². The van der Waals surface area contributed by atoms with Crippen LogP contribution in [0.5, 0.6) is 0 Å². The summed E-state index contributed by atoms with van der Waals surface area (Å²) in [5, 5.41) is 0. The SMILES string of the molecule is CCC(N)Cc1cc(C)nc(CCOCCOC)n1. The Morgan fingerprint density at radius 3 is 2.74 bits per heavy atom. The molecule has 0 spiro atoms. The lowest BCUT2D eigenvalue weighted by atomic mass is 10.1. The molecule has 108 valence electrons. The summed E-state index contributed by atoms with van der Waals surface area (Å²) < 4.78 is 10.3. The average Bonchev–Trinajstić information content (AvgIpc) is 2.37. The molecule has 0 saturated heterocycles. The molecule has 0 aromatic carbocycles. The van der Waals surface area contributed by atoms with E-state index in [2.05, 4.69) is 16.9 Å². The fraction of sp³-hybridized carbons (Fsp3) is 0.714. The summed E-state index contributed by atoms with van der Waals surface area (Å²) >= 11 is 0. The van der Waals surface area contributed by atoms with Crippen molar-refractivity contribution in [2.45, 2.75) is 39.2 Å². The topological polar surface area (TPSA) is 70.3 Å². The van der Waals surface area contributed by atoms with Crippen LogP contribution in [0.1, 0.15) is 30.6 Å². The van der Waals surface area contributed by atoms with Crippen molar-refractivity contribution in [2.24, 2.45) is 5.73 Å². The van der Waals surface area contributed by atoms with Gasteiger partial charge in [-0.15, -0.1) is 0 Å². The van der Waals surface area contributed by atoms with Gasteiger partial charge in [0.15, 0.2) is 0 Å². The largest absolute Gasteiger partial charge is 0.382 e. The van der Waals surface area contributed by atoms with Crippen molar-refractivity contribution in [3.05, 3.63) is 23.3 Å². The first kappa shape index (κ1) is 16.0. The fourth-order valence-corrected chi connectivity index (χ4v) is 1.74. The highest BCUT2D eigenvalue weighted by atomic mass is 16.5. The highest BCUT2D eigenvalue weighted by molar-refractivity contribution is 5.11. The Bertz CT molecular complexity index is 372. The summed E-state index contributed by atoms with van der Waals surface area (Å²) in [5.41, 5.74) is 7.97. The number of aromatic nitrogens is 2. The number of aryl methyl sites for hydroxylation is 1. The number of rotatable bonds is 9. The molecule has 1 atom stereocenters. The molecule has 0 radical (unpaired) electrons. The minimum absolute atomic E-state index is 0.167. The van der Waals surface area contributed by atoms with E-state index in [0.29, 0.717) is 19.8 Å². The van der Waals surface area contributed by atoms with Gasteiger partial charge in [0.1, 0.15) is 5.82 Å². The number of methoxy groups -OCH3 is 1. The standard InChI is InChI=1S/C14H25N3O2/c1-4-12(15)10-13-9-11(2)16-14(17-13)5-6-19-8-7-18-3/h9,12H,4-8,10,15H2,1-3H3. The van der Waals surface area contributed by atoms with E-state index in [1.165, 1.54) is 0 Å². The molecule has 0 aliphatic carbocycles. The van der Waals surface area contributed by atoms with Crippen LogP contribution in [0.4, 0.5) is 0 Å². The van der Waals surface area contributed by atoms with Crippen LogP contribution < -0.4 is 5.73 Å². The average molecular weight is 267 g/mol. The van der Waals surface area contributed by atoms with Crippen molar-refractivity contribution < 1.29 is 9.47 Å². The van der Waals surface area contributed by atoms with Gasteiger partial charge in [0, 0.05) is 37.4 Å². The van der Waals surface area contributed by atoms with Crippen molar-refractivity contribution in [2.75, 3.05) is 26.9 Å². The van der Waals surface area contributed by atoms with Gasteiger partial charge in [0.05, 0.1) is 19.8 Å². The highest BCUT2D eigenvalue weighted by Crippen LogP contribution is 2.05. The van der Waals surface area contributed by atoms with Crippen molar-refractivity contribution in [3.8, 4) is 0 Å². The van der Waals surface area contributed by atoms with Gasteiger partial charge in [-0.3, -0.25) is 0 Å². The lowest BCUT2D eigenvalue weighted by Crippen LogP contribution is -2.22. The molecule has 0 fully saturated rings. The first-order chi connectivity index (χ1) is 9.15. The normalized spacial score (nSPS) is 12.6. The number of hydrogen-bond donors (Lipinski definition) is 1. The van der Waals surface area contributed by atoms with Gasteiger partial charge in [-0.05, 0) is 19.4 Å². The Morgan fingerprint density at radius 1 is 1.26 bits per heavy atom. The van der Waals surface area contributed by atoms with Gasteiger partial charge in [-0.2, -0.15) is 0 Å². The second kappa shape index (κ2) is 8.96. The molecule has 0 amide bonds. The van der Waals surface area contributed by atoms with E-state index >= 15 is 0 Å². The first-order valence-corrected chi connectivity index (χ1v) is 6.81. The third kappa shape index (κ3) is 6.61. The van der Waals surface area contributed by atoms with Gasteiger partial charge in [0.2, 0.25) is 0 Å². The van der Waals surface area contributed by atoms with Gasteiger partial charge in [-0.1, -0.05) is 6.92 Å². The molecule has 2 N–H and O–H groups in total. The molecule has 5 heteroatoms. The molecule has 0 aliphatic rings. The van der Waals surface area contributed by atoms with E-state index in [1.807, 2.05) is 13.0 Å². The maximum absolute atomic E-state index is 5.96. The van der Waals surface area contributed by atoms with Crippen LogP contribution in [-0.2, 0) is 22.3 Å². The molecule has 0 saturated carbocycles. The molecule has 5 nitrogen and oxygen atoms in total. The fourth-order valence-electron chi connectivity index (χ4n) is 1.74. The van der Waals surface area contributed by atoms with Gasteiger partial charge in [-0.25, -0.2) is 9.97 Å². The Kier molecular flexibility index (Phi) is 7.55. The van der Waals surface area contributed by atoms with Crippen LogP contribution in [-0.4, -0.2) is 42.9 Å². The quantitative estimate of drug-likeness (QED) is 0.682. The van der Waals surface area contributed by atoms with Crippen LogP contribution >= 0.6 is 0 Å². The molecule has 0 aliphatic heterocycles. The minimum atomic E-state index is 0.167. The Labute approximate surface area is 115 Å². The number of hydrogen-bond acceptors (Lipinski definition) is 5. The number of nitrogens with two attached hydrogens (primary N) is 1. The van der Waals surface area contributed by atoms with E-state index in [-0.39, 0.29) is 6.04 Å². The van der Waals surface area contributed by atoms with Crippen molar-refractivity contribution in [3.63, 3.8) is 0 Å². The lowest BCUT2D eigenvalue weighted by molar-refractivity contribution is 0.0716. The molecule has 0 bridgehead atoms. The van der Waals surface area contributed by atoms with Crippen molar-refractivity contribution in [1.82, 2.24) is 9.97 Å². The summed E-state index contributed by atoms with van der Waals surface area (Å²) in [6.07, 6.45) is 2.48. The summed E-state index contributed by atoms with van der Waals surface area (Å²) in [6, 6.07) is 2.17. The Hall–Kier alpha value is -1.04. The molecular weight excluding hydrogens is 242 g/mol. The molecule has 1 rings (SSSR count). The minimum Gasteiger partial charge on any atom is -0.382 e. The summed E-state index contributed by atoms with van der Waals surface area (Å²) in [6.45, 7) is 5.91. The molecule has 1 aromatic heterocycles. The van der Waals surface area contributed by atoms with Gasteiger partial charge < -0.3 is 15.2 Å². The number of ether oxygens (including phenoxy) is 2. The Morgan fingerprint density at radius 2 is 2.05 bits per heavy atom. The summed E-state index contributed by atoms with van der Waals surface area (Å²) in [7, 11) is 1.66. The first-order valence-electron chi connectivity index (χ1n) is 6.81. The van der Waals surface area contributed by atoms with Gasteiger partial charge >= 0.3 is 0 Å². The smallest absolute Gasteiger partial charge is 0.131 e. The summed E-state index contributed by atoms with van der Waals surface area (Å²) in [4.78, 5) is 8.96. The number of nitrogens with zero attached hydrogens (tertiary/aromatic N) is 2. The zero-order valence-corrected chi connectivity index (χ0v) is 12.2. The van der Waals surface area contributed by atoms with E-state index in [1.54, 1.807) is 7.11 Å². The zero-order valence-electron chi connectivity index (χ0n) is 12.2. The van der Waals surface area contributed by atoms with Gasteiger partial charge in [0.25, 0.3) is 0 Å². The molecule has 19 heavy (non-hydrogen) atoms. The molecular formula is C14H25N3O2. The maximum Gasteiger partial charge on any atom is 0.131 e. The zero-order chi connectivity index (χ0) is 14.1. The second-order valence-electron chi connectivity index (χ2n) is 4.64. The van der Waals surface area contributed by atoms with Crippen molar-refractivity contribution in [1.29, 1.82) is 0 Å². The van der Waals surface area contributed by atoms with E-state index in [0.717, 1.165) is 36.5 Å². The molecule has 1 heterocycles. The monoisotopic (exact) mass is 267 g/mol. The Balaban J connectivity index is 2.49. The van der Waals surface area contributed by atoms with E-state index in [9.17, 15) is 0 Å². The lowest BCUT2D eigenvalue weighted by Gasteiger charge is -2.10. The second-order valence-corrected chi connectivity index (χ2v) is 4.64. The van der Waals surface area contributed by atoms with Crippen LogP contribution in [0.2, 0.25) is 0 Å².